The number of hydrogen-bond acceptors (Lipinski definition) is 5. The van der Waals surface area contributed by atoms with Crippen molar-refractivity contribution in [3.63, 3.8) is 0 Å². The molecule has 0 aromatic rings. The topological polar surface area (TPSA) is 98.8 Å². The average molecular weight is 346 g/mol. The van der Waals surface area contributed by atoms with E-state index in [1.165, 1.54) is 0 Å². The molecule has 8 nitrogen and oxygen atoms in total. The largest absolute Gasteiger partial charge is 0.340 e. The summed E-state index contributed by atoms with van der Waals surface area (Å²) in [6, 6.07) is -0.253. The van der Waals surface area contributed by atoms with Gasteiger partial charge in [0.1, 0.15) is 0 Å². The van der Waals surface area contributed by atoms with Crippen molar-refractivity contribution in [1.29, 1.82) is 0 Å². The van der Waals surface area contributed by atoms with E-state index in [-0.39, 0.29) is 29.4 Å². The monoisotopic (exact) mass is 346 g/mol. The fraction of sp³-hybridized carbons (Fsp3) is 0.857. The lowest BCUT2D eigenvalue weighted by molar-refractivity contribution is -0.130. The molecule has 0 bridgehead atoms. The Morgan fingerprint density at radius 3 is 2.39 bits per heavy atom. The number of hydrogen-bond donors (Lipinski definition) is 2. The van der Waals surface area contributed by atoms with Gasteiger partial charge in [0, 0.05) is 52.7 Å². The van der Waals surface area contributed by atoms with Gasteiger partial charge in [0.15, 0.2) is 9.84 Å². The SMILES string of the molecule is CC(=O)N1CCN(CCNC(=O)NCC2CCS(=O)(=O)C2)CC1. The van der Waals surface area contributed by atoms with E-state index in [0.29, 0.717) is 19.5 Å². The summed E-state index contributed by atoms with van der Waals surface area (Å²) >= 11 is 0. The molecule has 23 heavy (non-hydrogen) atoms. The average Bonchev–Trinajstić information content (AvgIpc) is 2.85. The number of piperazine rings is 1. The molecule has 132 valence electrons. The second-order valence-corrected chi connectivity index (χ2v) is 8.48. The molecule has 2 rings (SSSR count). The summed E-state index contributed by atoms with van der Waals surface area (Å²) in [5.41, 5.74) is 0. The van der Waals surface area contributed by atoms with E-state index in [4.69, 9.17) is 0 Å². The highest BCUT2D eigenvalue weighted by atomic mass is 32.2. The van der Waals surface area contributed by atoms with Crippen LogP contribution in [-0.4, -0.2) is 87.5 Å². The maximum absolute atomic E-state index is 11.7. The smallest absolute Gasteiger partial charge is 0.314 e. The first kappa shape index (κ1) is 18.0. The summed E-state index contributed by atoms with van der Waals surface area (Å²) in [7, 11) is -2.89. The minimum atomic E-state index is -2.89. The van der Waals surface area contributed by atoms with E-state index in [1.54, 1.807) is 6.92 Å². The van der Waals surface area contributed by atoms with Gasteiger partial charge in [-0.2, -0.15) is 0 Å². The molecule has 2 N–H and O–H groups in total. The number of carbonyl (C=O) groups is 2. The molecule has 1 atom stereocenters. The van der Waals surface area contributed by atoms with Crippen LogP contribution in [0.3, 0.4) is 0 Å². The van der Waals surface area contributed by atoms with Crippen LogP contribution in [0.15, 0.2) is 0 Å². The first-order chi connectivity index (χ1) is 10.9. The van der Waals surface area contributed by atoms with Crippen LogP contribution in [0.2, 0.25) is 0 Å². The van der Waals surface area contributed by atoms with E-state index in [9.17, 15) is 18.0 Å². The molecular formula is C14H26N4O4S. The number of sulfone groups is 1. The highest BCUT2D eigenvalue weighted by molar-refractivity contribution is 7.91. The summed E-state index contributed by atoms with van der Waals surface area (Å²) in [4.78, 5) is 27.0. The Bertz CT molecular complexity index is 529. The fourth-order valence-corrected chi connectivity index (χ4v) is 4.81. The quantitative estimate of drug-likeness (QED) is 0.657. The standard InChI is InChI=1S/C14H26N4O4S/c1-12(19)18-7-5-17(6-8-18)4-3-15-14(20)16-10-13-2-9-23(21,22)11-13/h13H,2-11H2,1H3,(H2,15,16,20). The molecule has 2 saturated heterocycles. The number of carbonyl (C=O) groups excluding carboxylic acids is 2. The summed E-state index contributed by atoms with van der Waals surface area (Å²) in [5, 5.41) is 5.52. The third-order valence-corrected chi connectivity index (χ3v) is 6.25. The molecule has 2 heterocycles. The molecule has 0 spiro atoms. The van der Waals surface area contributed by atoms with Crippen LogP contribution in [0.4, 0.5) is 4.79 Å². The van der Waals surface area contributed by atoms with Crippen LogP contribution >= 0.6 is 0 Å². The Morgan fingerprint density at radius 2 is 1.83 bits per heavy atom. The zero-order valence-corrected chi connectivity index (χ0v) is 14.4. The first-order valence-electron chi connectivity index (χ1n) is 8.06. The van der Waals surface area contributed by atoms with Gasteiger partial charge in [0.2, 0.25) is 5.91 Å². The molecular weight excluding hydrogens is 320 g/mol. The van der Waals surface area contributed by atoms with Crippen molar-refractivity contribution in [2.45, 2.75) is 13.3 Å². The second kappa shape index (κ2) is 7.96. The molecule has 2 fully saturated rings. The fourth-order valence-electron chi connectivity index (χ4n) is 2.95. The van der Waals surface area contributed by atoms with E-state index in [0.717, 1.165) is 32.7 Å². The number of amides is 3. The third-order valence-electron chi connectivity index (χ3n) is 4.41. The Hall–Kier alpha value is -1.35. The molecule has 0 aromatic heterocycles. The highest BCUT2D eigenvalue weighted by Crippen LogP contribution is 2.17. The van der Waals surface area contributed by atoms with Gasteiger partial charge in [-0.15, -0.1) is 0 Å². The summed E-state index contributed by atoms with van der Waals surface area (Å²) in [6.07, 6.45) is 0.628. The Labute approximate surface area is 137 Å². The van der Waals surface area contributed by atoms with Crippen molar-refractivity contribution in [3.05, 3.63) is 0 Å². The second-order valence-electron chi connectivity index (χ2n) is 6.25. The molecule has 2 aliphatic rings. The minimum Gasteiger partial charge on any atom is -0.340 e. The number of urea groups is 1. The first-order valence-corrected chi connectivity index (χ1v) is 9.88. The van der Waals surface area contributed by atoms with Gasteiger partial charge in [0.05, 0.1) is 11.5 Å². The van der Waals surface area contributed by atoms with Crippen molar-refractivity contribution >= 4 is 21.8 Å². The lowest BCUT2D eigenvalue weighted by atomic mass is 10.1. The number of nitrogens with one attached hydrogen (secondary N) is 2. The summed E-state index contributed by atoms with van der Waals surface area (Å²) in [5.74, 6) is 0.544. The lowest BCUT2D eigenvalue weighted by Crippen LogP contribution is -2.50. The van der Waals surface area contributed by atoms with Crippen LogP contribution in [0.1, 0.15) is 13.3 Å². The van der Waals surface area contributed by atoms with Crippen LogP contribution in [0.5, 0.6) is 0 Å². The predicted molar refractivity (Wildman–Crippen MR) is 86.9 cm³/mol. The van der Waals surface area contributed by atoms with E-state index in [1.807, 2.05) is 4.90 Å². The number of rotatable bonds is 5. The van der Waals surface area contributed by atoms with Crippen LogP contribution in [-0.2, 0) is 14.6 Å². The van der Waals surface area contributed by atoms with Crippen molar-refractivity contribution in [3.8, 4) is 0 Å². The van der Waals surface area contributed by atoms with Crippen LogP contribution in [0, 0.1) is 5.92 Å². The molecule has 1 unspecified atom stereocenters. The molecule has 9 heteroatoms. The molecule has 3 amide bonds. The van der Waals surface area contributed by atoms with E-state index >= 15 is 0 Å². The van der Waals surface area contributed by atoms with Crippen molar-refractivity contribution in [2.75, 3.05) is 57.3 Å². The third kappa shape index (κ3) is 5.98. The van der Waals surface area contributed by atoms with Gasteiger partial charge >= 0.3 is 6.03 Å². The summed E-state index contributed by atoms with van der Waals surface area (Å²) < 4.78 is 22.7. The zero-order chi connectivity index (χ0) is 16.9. The van der Waals surface area contributed by atoms with Crippen LogP contribution in [0.25, 0.3) is 0 Å². The Morgan fingerprint density at radius 1 is 1.13 bits per heavy atom. The normalized spacial score (nSPS) is 24.4. The summed E-state index contributed by atoms with van der Waals surface area (Å²) in [6.45, 7) is 6.38. The van der Waals surface area contributed by atoms with Crippen molar-refractivity contribution in [1.82, 2.24) is 20.4 Å². The van der Waals surface area contributed by atoms with Gasteiger partial charge in [-0.1, -0.05) is 0 Å². The predicted octanol–water partition coefficient (Wildman–Crippen LogP) is -1.12. The zero-order valence-electron chi connectivity index (χ0n) is 13.6. The van der Waals surface area contributed by atoms with Crippen molar-refractivity contribution in [2.24, 2.45) is 5.92 Å². The van der Waals surface area contributed by atoms with Gasteiger partial charge in [-0.05, 0) is 12.3 Å². The van der Waals surface area contributed by atoms with Gasteiger partial charge < -0.3 is 15.5 Å². The molecule has 0 saturated carbocycles. The molecule has 0 radical (unpaired) electrons. The lowest BCUT2D eigenvalue weighted by Gasteiger charge is -2.34. The molecule has 2 aliphatic heterocycles. The van der Waals surface area contributed by atoms with Gasteiger partial charge in [0.25, 0.3) is 0 Å². The van der Waals surface area contributed by atoms with Crippen molar-refractivity contribution < 1.29 is 18.0 Å². The maximum atomic E-state index is 11.7. The molecule has 0 aromatic carbocycles. The van der Waals surface area contributed by atoms with Crippen LogP contribution < -0.4 is 10.6 Å². The molecule has 0 aliphatic carbocycles. The minimum absolute atomic E-state index is 0.0328. The van der Waals surface area contributed by atoms with E-state index < -0.39 is 9.84 Å². The maximum Gasteiger partial charge on any atom is 0.314 e. The Kier molecular flexibility index (Phi) is 6.23. The van der Waals surface area contributed by atoms with Gasteiger partial charge in [-0.3, -0.25) is 9.69 Å². The van der Waals surface area contributed by atoms with E-state index in [2.05, 4.69) is 15.5 Å². The number of nitrogens with zero attached hydrogens (tertiary/aromatic N) is 2. The van der Waals surface area contributed by atoms with Gasteiger partial charge in [-0.25, -0.2) is 13.2 Å². The Balaban J connectivity index is 1.54. The highest BCUT2D eigenvalue weighted by Gasteiger charge is 2.27.